The third-order valence-electron chi connectivity index (χ3n) is 2.05. The minimum absolute atomic E-state index is 0.00382. The molecule has 0 atom stereocenters. The van der Waals surface area contributed by atoms with Crippen molar-refractivity contribution in [3.05, 3.63) is 29.6 Å². The molecule has 2 rings (SSSR count). The number of nitrogens with two attached hydrogens (primary N) is 2. The van der Waals surface area contributed by atoms with Gasteiger partial charge < -0.3 is 16.5 Å². The van der Waals surface area contributed by atoms with Crippen molar-refractivity contribution in [2.24, 2.45) is 11.5 Å². The molecule has 0 unspecified atom stereocenters. The van der Waals surface area contributed by atoms with E-state index in [4.69, 9.17) is 22.3 Å². The van der Waals surface area contributed by atoms with E-state index in [-0.39, 0.29) is 11.7 Å². The molecule has 0 aliphatic carbocycles. The predicted octanol–water partition coefficient (Wildman–Crippen LogP) is 0.131. The van der Waals surface area contributed by atoms with E-state index in [1.165, 1.54) is 0 Å². The highest BCUT2D eigenvalue weighted by molar-refractivity contribution is 5.99. The Balaban J connectivity index is 2.62. The molecule has 1 aromatic heterocycles. The van der Waals surface area contributed by atoms with Gasteiger partial charge in [-0.25, -0.2) is 4.98 Å². The number of hydrogen-bond donors (Lipinski definition) is 5. The highest BCUT2D eigenvalue weighted by atomic mass is 15.0. The standard InChI is InChI=1S/C9H10N6/c10-7(11)4-1-2-5-6(3-4)15-9(14-5)8(12)13/h1-3H,(H3,10,11)(H3,12,13)(H,14,15). The molecule has 1 aromatic carbocycles. The number of rotatable bonds is 2. The topological polar surface area (TPSA) is 128 Å². The first-order chi connectivity index (χ1) is 7.08. The normalized spacial score (nSPS) is 10.4. The van der Waals surface area contributed by atoms with Crippen molar-refractivity contribution >= 4 is 22.7 Å². The summed E-state index contributed by atoms with van der Waals surface area (Å²) in [6.07, 6.45) is 0. The highest BCUT2D eigenvalue weighted by Crippen LogP contribution is 2.13. The zero-order chi connectivity index (χ0) is 11.0. The number of imidazole rings is 1. The second kappa shape index (κ2) is 3.09. The van der Waals surface area contributed by atoms with Crippen molar-refractivity contribution in [3.63, 3.8) is 0 Å². The number of hydrogen-bond acceptors (Lipinski definition) is 3. The van der Waals surface area contributed by atoms with Crippen molar-refractivity contribution in [2.45, 2.75) is 0 Å². The van der Waals surface area contributed by atoms with E-state index in [2.05, 4.69) is 9.97 Å². The van der Waals surface area contributed by atoms with Crippen LogP contribution < -0.4 is 11.5 Å². The third-order valence-corrected chi connectivity index (χ3v) is 2.05. The van der Waals surface area contributed by atoms with Crippen LogP contribution in [0.1, 0.15) is 11.4 Å². The average molecular weight is 202 g/mol. The van der Waals surface area contributed by atoms with E-state index >= 15 is 0 Å². The van der Waals surface area contributed by atoms with E-state index in [9.17, 15) is 0 Å². The first kappa shape index (κ1) is 9.20. The van der Waals surface area contributed by atoms with Crippen molar-refractivity contribution in [3.8, 4) is 0 Å². The number of nitrogens with zero attached hydrogens (tertiary/aromatic N) is 1. The highest BCUT2D eigenvalue weighted by Gasteiger charge is 2.06. The molecule has 0 fully saturated rings. The number of nitrogens with one attached hydrogen (secondary N) is 3. The molecule has 1 heterocycles. The van der Waals surface area contributed by atoms with Gasteiger partial charge in [0, 0.05) is 5.56 Å². The molecule has 0 aliphatic rings. The summed E-state index contributed by atoms with van der Waals surface area (Å²) in [5, 5.41) is 14.5. The Morgan fingerprint density at radius 2 is 1.93 bits per heavy atom. The monoisotopic (exact) mass is 202 g/mol. The maximum atomic E-state index is 7.28. The maximum absolute atomic E-state index is 7.28. The van der Waals surface area contributed by atoms with Crippen LogP contribution >= 0.6 is 0 Å². The summed E-state index contributed by atoms with van der Waals surface area (Å²) >= 11 is 0. The Morgan fingerprint density at radius 1 is 1.20 bits per heavy atom. The first-order valence-electron chi connectivity index (χ1n) is 4.26. The van der Waals surface area contributed by atoms with Gasteiger partial charge in [-0.15, -0.1) is 0 Å². The summed E-state index contributed by atoms with van der Waals surface area (Å²) in [7, 11) is 0. The first-order valence-corrected chi connectivity index (χ1v) is 4.26. The second-order valence-electron chi connectivity index (χ2n) is 3.14. The summed E-state index contributed by atoms with van der Waals surface area (Å²) in [5.41, 5.74) is 12.7. The molecule has 0 saturated heterocycles. The SMILES string of the molecule is N=C(N)c1ccc2nc(C(=N)N)[nH]c2c1. The zero-order valence-electron chi connectivity index (χ0n) is 7.83. The Kier molecular flexibility index (Phi) is 1.89. The molecule has 6 nitrogen and oxygen atoms in total. The molecular formula is C9H10N6. The largest absolute Gasteiger partial charge is 0.384 e. The minimum atomic E-state index is -0.115. The van der Waals surface area contributed by atoms with Gasteiger partial charge in [-0.2, -0.15) is 0 Å². The number of aromatic amines is 1. The minimum Gasteiger partial charge on any atom is -0.384 e. The van der Waals surface area contributed by atoms with E-state index in [1.807, 2.05) is 0 Å². The number of nitrogen functional groups attached to an aromatic ring is 2. The van der Waals surface area contributed by atoms with Gasteiger partial charge in [-0.3, -0.25) is 10.8 Å². The molecule has 15 heavy (non-hydrogen) atoms. The molecule has 0 amide bonds. The van der Waals surface area contributed by atoms with Crippen LogP contribution in [0.2, 0.25) is 0 Å². The predicted molar refractivity (Wildman–Crippen MR) is 58.1 cm³/mol. The number of benzene rings is 1. The summed E-state index contributed by atoms with van der Waals surface area (Å²) in [6.45, 7) is 0. The number of H-pyrrole nitrogens is 1. The number of aromatic nitrogens is 2. The van der Waals surface area contributed by atoms with Crippen molar-refractivity contribution in [2.75, 3.05) is 0 Å². The molecule has 6 heteroatoms. The number of fused-ring (bicyclic) bond motifs is 1. The Morgan fingerprint density at radius 3 is 2.53 bits per heavy atom. The second-order valence-corrected chi connectivity index (χ2v) is 3.14. The van der Waals surface area contributed by atoms with Gasteiger partial charge in [-0.05, 0) is 18.2 Å². The molecule has 0 aliphatic heterocycles. The summed E-state index contributed by atoms with van der Waals surface area (Å²) in [4.78, 5) is 6.97. The van der Waals surface area contributed by atoms with Crippen molar-refractivity contribution < 1.29 is 0 Å². The van der Waals surface area contributed by atoms with Gasteiger partial charge in [0.15, 0.2) is 11.7 Å². The molecule has 0 saturated carbocycles. The fourth-order valence-electron chi connectivity index (χ4n) is 1.30. The third kappa shape index (κ3) is 1.52. The molecule has 76 valence electrons. The van der Waals surface area contributed by atoms with Gasteiger partial charge in [0.2, 0.25) is 0 Å². The van der Waals surface area contributed by atoms with E-state index in [1.54, 1.807) is 18.2 Å². The lowest BCUT2D eigenvalue weighted by Crippen LogP contribution is -2.12. The lowest BCUT2D eigenvalue weighted by molar-refractivity contribution is 1.24. The van der Waals surface area contributed by atoms with Gasteiger partial charge in [0.25, 0.3) is 0 Å². The van der Waals surface area contributed by atoms with Crippen LogP contribution in [0.4, 0.5) is 0 Å². The van der Waals surface area contributed by atoms with Gasteiger partial charge in [-0.1, -0.05) is 0 Å². The van der Waals surface area contributed by atoms with Crippen LogP contribution in [-0.4, -0.2) is 21.6 Å². The molecule has 0 spiro atoms. The quantitative estimate of drug-likeness (QED) is 0.350. The van der Waals surface area contributed by atoms with Crippen LogP contribution in [0, 0.1) is 10.8 Å². The molecule has 7 N–H and O–H groups in total. The van der Waals surface area contributed by atoms with Gasteiger partial charge in [0.1, 0.15) is 5.84 Å². The molecular weight excluding hydrogens is 192 g/mol. The molecule has 0 radical (unpaired) electrons. The lowest BCUT2D eigenvalue weighted by atomic mass is 10.2. The van der Waals surface area contributed by atoms with Gasteiger partial charge in [0.05, 0.1) is 11.0 Å². The van der Waals surface area contributed by atoms with Crippen molar-refractivity contribution in [1.82, 2.24) is 9.97 Å². The Hall–Kier alpha value is -2.37. The van der Waals surface area contributed by atoms with Crippen LogP contribution in [0.15, 0.2) is 18.2 Å². The van der Waals surface area contributed by atoms with E-state index in [0.29, 0.717) is 22.4 Å². The lowest BCUT2D eigenvalue weighted by Gasteiger charge is -1.96. The maximum Gasteiger partial charge on any atom is 0.173 e. The Labute approximate surface area is 85.3 Å². The zero-order valence-corrected chi connectivity index (χ0v) is 7.83. The summed E-state index contributed by atoms with van der Waals surface area (Å²) in [6, 6.07) is 5.14. The van der Waals surface area contributed by atoms with E-state index in [0.717, 1.165) is 0 Å². The molecule has 2 aromatic rings. The Bertz CT molecular complexity index is 541. The fraction of sp³-hybridized carbons (Fsp3) is 0. The van der Waals surface area contributed by atoms with Gasteiger partial charge >= 0.3 is 0 Å². The van der Waals surface area contributed by atoms with E-state index < -0.39 is 0 Å². The molecule has 0 bridgehead atoms. The number of amidine groups is 2. The smallest absolute Gasteiger partial charge is 0.173 e. The van der Waals surface area contributed by atoms with Crippen molar-refractivity contribution in [1.29, 1.82) is 10.8 Å². The van der Waals surface area contributed by atoms with Crippen LogP contribution in [0.25, 0.3) is 11.0 Å². The van der Waals surface area contributed by atoms with Crippen LogP contribution in [0.3, 0.4) is 0 Å². The van der Waals surface area contributed by atoms with Crippen LogP contribution in [0.5, 0.6) is 0 Å². The summed E-state index contributed by atoms with van der Waals surface area (Å²) in [5.74, 6) is 0.206. The van der Waals surface area contributed by atoms with Crippen LogP contribution in [-0.2, 0) is 0 Å². The average Bonchev–Trinajstić information content (AvgIpc) is 2.59. The summed E-state index contributed by atoms with van der Waals surface area (Å²) < 4.78 is 0. The fourth-order valence-corrected chi connectivity index (χ4v) is 1.30.